The van der Waals surface area contributed by atoms with Crippen molar-refractivity contribution < 1.29 is 9.53 Å². The van der Waals surface area contributed by atoms with E-state index in [2.05, 4.69) is 30.0 Å². The maximum Gasteiger partial charge on any atom is 0.231 e. The Hall–Kier alpha value is -1.50. The number of hydrogen-bond donors (Lipinski definition) is 0. The predicted octanol–water partition coefficient (Wildman–Crippen LogP) is 4.24. The number of anilines is 1. The molecule has 0 spiro atoms. The summed E-state index contributed by atoms with van der Waals surface area (Å²) in [5.74, 6) is 0.461. The monoisotopic (exact) mass is 401 g/mol. The topological polar surface area (TPSA) is 45.7 Å². The van der Waals surface area contributed by atoms with Crippen molar-refractivity contribution in [2.24, 2.45) is 5.92 Å². The number of aryl methyl sites for hydroxylation is 1. The zero-order valence-electron chi connectivity index (χ0n) is 16.9. The van der Waals surface area contributed by atoms with Crippen molar-refractivity contribution in [3.8, 4) is 0 Å². The van der Waals surface area contributed by atoms with Crippen molar-refractivity contribution >= 4 is 32.6 Å². The first-order chi connectivity index (χ1) is 13.7. The fourth-order valence-corrected chi connectivity index (χ4v) is 5.38. The number of carbonyl (C=O) groups excluding carboxylic acids is 1. The van der Waals surface area contributed by atoms with Crippen molar-refractivity contribution in [3.63, 3.8) is 0 Å². The molecule has 1 saturated heterocycles. The van der Waals surface area contributed by atoms with Crippen LogP contribution in [0.15, 0.2) is 18.2 Å². The quantitative estimate of drug-likeness (QED) is 0.726. The van der Waals surface area contributed by atoms with Crippen molar-refractivity contribution in [1.29, 1.82) is 0 Å². The minimum absolute atomic E-state index is 0.172. The van der Waals surface area contributed by atoms with Crippen LogP contribution in [0.2, 0.25) is 0 Å². The first-order valence-corrected chi connectivity index (χ1v) is 11.5. The molecule has 1 aliphatic carbocycles. The molecule has 0 atom stereocenters. The van der Waals surface area contributed by atoms with Gasteiger partial charge in [-0.1, -0.05) is 36.7 Å². The highest BCUT2D eigenvalue weighted by molar-refractivity contribution is 7.22. The summed E-state index contributed by atoms with van der Waals surface area (Å²) in [5, 5.41) is 0.873. The number of benzene rings is 1. The molecule has 1 aromatic heterocycles. The van der Waals surface area contributed by atoms with E-state index in [1.807, 2.05) is 4.90 Å². The van der Waals surface area contributed by atoms with E-state index in [4.69, 9.17) is 9.72 Å². The fourth-order valence-electron chi connectivity index (χ4n) is 4.28. The number of fused-ring (bicyclic) bond motifs is 1. The number of thiazole rings is 1. The van der Waals surface area contributed by atoms with Crippen LogP contribution in [0.25, 0.3) is 10.2 Å². The third kappa shape index (κ3) is 4.73. The number of rotatable bonds is 6. The molecule has 6 heteroatoms. The van der Waals surface area contributed by atoms with Crippen LogP contribution < -0.4 is 4.90 Å². The molecule has 5 nitrogen and oxygen atoms in total. The van der Waals surface area contributed by atoms with E-state index in [1.165, 1.54) is 29.5 Å². The van der Waals surface area contributed by atoms with E-state index >= 15 is 0 Å². The maximum atomic E-state index is 13.4. The molecule has 0 bridgehead atoms. The van der Waals surface area contributed by atoms with Gasteiger partial charge in [-0.3, -0.25) is 14.6 Å². The molecule has 2 aromatic rings. The van der Waals surface area contributed by atoms with E-state index in [0.717, 1.165) is 69.3 Å². The predicted molar refractivity (Wildman–Crippen MR) is 115 cm³/mol. The zero-order chi connectivity index (χ0) is 19.3. The number of hydrogen-bond acceptors (Lipinski definition) is 5. The van der Waals surface area contributed by atoms with Crippen LogP contribution in [-0.2, 0) is 9.53 Å². The zero-order valence-corrected chi connectivity index (χ0v) is 17.7. The van der Waals surface area contributed by atoms with Gasteiger partial charge in [0.25, 0.3) is 0 Å². The standard InChI is InChI=1S/C22H31N3O2S/c1-17-8-9-19-20(16-17)28-22(23-19)25(21(26)18-6-3-2-4-7-18)11-5-10-24-12-14-27-15-13-24/h8-9,16,18H,2-7,10-15H2,1H3. The molecule has 0 radical (unpaired) electrons. The van der Waals surface area contributed by atoms with Crippen LogP contribution in [0.3, 0.4) is 0 Å². The molecule has 28 heavy (non-hydrogen) atoms. The van der Waals surface area contributed by atoms with Gasteiger partial charge in [0.2, 0.25) is 5.91 Å². The number of nitrogens with zero attached hydrogens (tertiary/aromatic N) is 3. The molecule has 0 unspecified atom stereocenters. The molecule has 1 amide bonds. The number of carbonyl (C=O) groups is 1. The lowest BCUT2D eigenvalue weighted by Gasteiger charge is -2.30. The van der Waals surface area contributed by atoms with Gasteiger partial charge in [-0.05, 0) is 43.9 Å². The Bertz CT molecular complexity index is 794. The Kier molecular flexibility index (Phi) is 6.60. The van der Waals surface area contributed by atoms with Crippen molar-refractivity contribution in [1.82, 2.24) is 9.88 Å². The Morgan fingerprint density at radius 1 is 1.25 bits per heavy atom. The van der Waals surface area contributed by atoms with Gasteiger partial charge in [0, 0.05) is 32.1 Å². The van der Waals surface area contributed by atoms with Crippen LogP contribution in [0.4, 0.5) is 5.13 Å². The third-order valence-corrected chi connectivity index (χ3v) is 6.98. The van der Waals surface area contributed by atoms with Gasteiger partial charge in [0.05, 0.1) is 23.4 Å². The average molecular weight is 402 g/mol. The normalized spacial score (nSPS) is 19.2. The summed E-state index contributed by atoms with van der Waals surface area (Å²) >= 11 is 1.66. The minimum atomic E-state index is 0.172. The summed E-state index contributed by atoms with van der Waals surface area (Å²) in [6.45, 7) is 7.51. The van der Waals surface area contributed by atoms with Gasteiger partial charge in [-0.15, -0.1) is 0 Å². The molecule has 1 aromatic carbocycles. The minimum Gasteiger partial charge on any atom is -0.379 e. The van der Waals surface area contributed by atoms with E-state index in [-0.39, 0.29) is 11.8 Å². The second-order valence-electron chi connectivity index (χ2n) is 8.10. The van der Waals surface area contributed by atoms with Crippen molar-refractivity contribution in [3.05, 3.63) is 23.8 Å². The Labute approximate surface area is 171 Å². The number of amides is 1. The first-order valence-electron chi connectivity index (χ1n) is 10.7. The lowest BCUT2D eigenvalue weighted by molar-refractivity contribution is -0.123. The largest absolute Gasteiger partial charge is 0.379 e. The Morgan fingerprint density at radius 3 is 2.82 bits per heavy atom. The number of ether oxygens (including phenoxy) is 1. The molecule has 1 aliphatic heterocycles. The molecule has 4 rings (SSSR count). The second-order valence-corrected chi connectivity index (χ2v) is 9.11. The van der Waals surface area contributed by atoms with Crippen LogP contribution in [0, 0.1) is 12.8 Å². The highest BCUT2D eigenvalue weighted by Crippen LogP contribution is 2.33. The smallest absolute Gasteiger partial charge is 0.231 e. The van der Waals surface area contributed by atoms with Gasteiger partial charge in [0.15, 0.2) is 5.13 Å². The molecule has 0 N–H and O–H groups in total. The van der Waals surface area contributed by atoms with Gasteiger partial charge < -0.3 is 4.74 Å². The third-order valence-electron chi connectivity index (χ3n) is 5.94. The van der Waals surface area contributed by atoms with E-state index in [0.29, 0.717) is 0 Å². The molecule has 1 saturated carbocycles. The first kappa shape index (κ1) is 19.8. The Balaban J connectivity index is 1.50. The van der Waals surface area contributed by atoms with E-state index < -0.39 is 0 Å². The van der Waals surface area contributed by atoms with E-state index in [9.17, 15) is 4.79 Å². The molecular weight excluding hydrogens is 370 g/mol. The van der Waals surface area contributed by atoms with Crippen molar-refractivity contribution in [2.45, 2.75) is 45.4 Å². The molecular formula is C22H31N3O2S. The van der Waals surface area contributed by atoms with E-state index in [1.54, 1.807) is 11.3 Å². The van der Waals surface area contributed by atoms with Gasteiger partial charge >= 0.3 is 0 Å². The highest BCUT2D eigenvalue weighted by Gasteiger charge is 2.28. The van der Waals surface area contributed by atoms with Gasteiger partial charge in [0.1, 0.15) is 0 Å². The van der Waals surface area contributed by atoms with Crippen molar-refractivity contribution in [2.75, 3.05) is 44.3 Å². The van der Waals surface area contributed by atoms with Gasteiger partial charge in [-0.25, -0.2) is 4.98 Å². The van der Waals surface area contributed by atoms with Crippen LogP contribution in [0.1, 0.15) is 44.1 Å². The average Bonchev–Trinajstić information content (AvgIpc) is 3.15. The SMILES string of the molecule is Cc1ccc2nc(N(CCCN3CCOCC3)C(=O)C3CCCCC3)sc2c1. The Morgan fingerprint density at radius 2 is 2.04 bits per heavy atom. The van der Waals surface area contributed by atoms with Gasteiger partial charge in [-0.2, -0.15) is 0 Å². The summed E-state index contributed by atoms with van der Waals surface area (Å²) < 4.78 is 6.61. The maximum absolute atomic E-state index is 13.4. The highest BCUT2D eigenvalue weighted by atomic mass is 32.1. The summed E-state index contributed by atoms with van der Waals surface area (Å²) in [4.78, 5) is 22.6. The summed E-state index contributed by atoms with van der Waals surface area (Å²) in [7, 11) is 0. The second kappa shape index (κ2) is 9.33. The lowest BCUT2D eigenvalue weighted by Crippen LogP contribution is -2.41. The fraction of sp³-hybridized carbons (Fsp3) is 0.636. The molecule has 2 heterocycles. The number of aromatic nitrogens is 1. The molecule has 2 aliphatic rings. The lowest BCUT2D eigenvalue weighted by atomic mass is 9.88. The molecule has 2 fully saturated rings. The van der Waals surface area contributed by atoms with Crippen LogP contribution in [0.5, 0.6) is 0 Å². The van der Waals surface area contributed by atoms with Crippen LogP contribution in [-0.4, -0.2) is 55.2 Å². The number of morpholine rings is 1. The van der Waals surface area contributed by atoms with Crippen LogP contribution >= 0.6 is 11.3 Å². The summed E-state index contributed by atoms with van der Waals surface area (Å²) in [6.07, 6.45) is 6.66. The molecule has 152 valence electrons. The summed E-state index contributed by atoms with van der Waals surface area (Å²) in [6, 6.07) is 6.34. The summed E-state index contributed by atoms with van der Waals surface area (Å²) in [5.41, 5.74) is 2.24.